The van der Waals surface area contributed by atoms with E-state index in [1.165, 1.54) is 12.4 Å². The molecule has 4 rings (SSSR count). The Morgan fingerprint density at radius 1 is 0.931 bits per heavy atom. The van der Waals surface area contributed by atoms with E-state index in [0.29, 0.717) is 22.8 Å². The molecular formula is C21H19N7O. The molecule has 3 heterocycles. The molecule has 8 nitrogen and oxygen atoms in total. The fourth-order valence-electron chi connectivity index (χ4n) is 3.16. The van der Waals surface area contributed by atoms with Crippen LogP contribution in [0.5, 0.6) is 0 Å². The minimum absolute atomic E-state index is 0.341. The van der Waals surface area contributed by atoms with Crippen molar-refractivity contribution in [3.63, 3.8) is 0 Å². The van der Waals surface area contributed by atoms with Crippen molar-refractivity contribution in [1.29, 1.82) is 5.26 Å². The van der Waals surface area contributed by atoms with Gasteiger partial charge in [-0.1, -0.05) is 18.2 Å². The molecule has 144 valence electrons. The van der Waals surface area contributed by atoms with E-state index >= 15 is 0 Å². The van der Waals surface area contributed by atoms with Crippen LogP contribution in [-0.2, 0) is 0 Å². The van der Waals surface area contributed by atoms with Gasteiger partial charge >= 0.3 is 0 Å². The van der Waals surface area contributed by atoms with Gasteiger partial charge in [-0.05, 0) is 24.3 Å². The van der Waals surface area contributed by atoms with Gasteiger partial charge in [-0.15, -0.1) is 0 Å². The summed E-state index contributed by atoms with van der Waals surface area (Å²) in [5.41, 5.74) is 1.22. The average Bonchev–Trinajstić information content (AvgIpc) is 2.80. The van der Waals surface area contributed by atoms with E-state index < -0.39 is 0 Å². The van der Waals surface area contributed by atoms with Gasteiger partial charge in [0.2, 0.25) is 5.95 Å². The molecule has 1 amide bonds. The lowest BCUT2D eigenvalue weighted by atomic mass is 10.2. The van der Waals surface area contributed by atoms with Crippen molar-refractivity contribution in [3.05, 3.63) is 72.2 Å². The number of aromatic nitrogens is 3. The number of rotatable bonds is 4. The van der Waals surface area contributed by atoms with Crippen molar-refractivity contribution in [2.75, 3.05) is 41.3 Å². The van der Waals surface area contributed by atoms with Crippen molar-refractivity contribution in [2.24, 2.45) is 0 Å². The van der Waals surface area contributed by atoms with Crippen LogP contribution in [0.25, 0.3) is 0 Å². The molecular weight excluding hydrogens is 366 g/mol. The van der Waals surface area contributed by atoms with Crippen molar-refractivity contribution in [1.82, 2.24) is 15.0 Å². The lowest BCUT2D eigenvalue weighted by molar-refractivity contribution is 0.102. The van der Waals surface area contributed by atoms with E-state index in [1.54, 1.807) is 30.5 Å². The standard InChI is InChI=1S/C21H19N7O/c22-13-16-5-1-2-6-18(16)26-20(29)17-14-24-21(25-15-17)28-11-9-27(10-12-28)19-7-3-4-8-23-19/h1-8,14-15H,9-12H2,(H,26,29). The van der Waals surface area contributed by atoms with Gasteiger partial charge in [-0.25, -0.2) is 15.0 Å². The zero-order valence-corrected chi connectivity index (χ0v) is 15.7. The smallest absolute Gasteiger partial charge is 0.258 e. The molecule has 1 aromatic carbocycles. The van der Waals surface area contributed by atoms with Crippen LogP contribution in [0.2, 0.25) is 0 Å². The number of nitrogens with one attached hydrogen (secondary N) is 1. The maximum atomic E-state index is 12.4. The third kappa shape index (κ3) is 4.14. The third-order valence-corrected chi connectivity index (χ3v) is 4.73. The molecule has 1 aliphatic rings. The zero-order chi connectivity index (χ0) is 20.1. The molecule has 0 atom stereocenters. The predicted molar refractivity (Wildman–Crippen MR) is 110 cm³/mol. The molecule has 0 unspecified atom stereocenters. The van der Waals surface area contributed by atoms with Crippen LogP contribution in [-0.4, -0.2) is 47.0 Å². The van der Waals surface area contributed by atoms with Gasteiger partial charge in [0.1, 0.15) is 11.9 Å². The summed E-state index contributed by atoms with van der Waals surface area (Å²) in [6.07, 6.45) is 4.82. The predicted octanol–water partition coefficient (Wildman–Crippen LogP) is 2.32. The number of carbonyl (C=O) groups excluding carboxylic acids is 1. The Kier molecular flexibility index (Phi) is 5.29. The number of hydrogen-bond acceptors (Lipinski definition) is 7. The van der Waals surface area contributed by atoms with E-state index in [2.05, 4.69) is 36.1 Å². The Morgan fingerprint density at radius 2 is 1.62 bits per heavy atom. The highest BCUT2D eigenvalue weighted by molar-refractivity contribution is 6.04. The van der Waals surface area contributed by atoms with Gasteiger partial charge < -0.3 is 15.1 Å². The van der Waals surface area contributed by atoms with Gasteiger partial charge in [0.25, 0.3) is 5.91 Å². The normalized spacial score (nSPS) is 13.6. The molecule has 1 fully saturated rings. The van der Waals surface area contributed by atoms with E-state index in [1.807, 2.05) is 18.2 Å². The quantitative estimate of drug-likeness (QED) is 0.736. The highest BCUT2D eigenvalue weighted by Gasteiger charge is 2.20. The Balaban J connectivity index is 1.38. The first-order valence-corrected chi connectivity index (χ1v) is 9.28. The highest BCUT2D eigenvalue weighted by Crippen LogP contribution is 2.17. The lowest BCUT2D eigenvalue weighted by Gasteiger charge is -2.35. The largest absolute Gasteiger partial charge is 0.353 e. The topological polar surface area (TPSA) is 98.0 Å². The number of para-hydroxylation sites is 1. The number of hydrogen-bond donors (Lipinski definition) is 1. The maximum absolute atomic E-state index is 12.4. The number of nitrogens with zero attached hydrogens (tertiary/aromatic N) is 6. The van der Waals surface area contributed by atoms with Crippen LogP contribution in [0.15, 0.2) is 61.1 Å². The van der Waals surface area contributed by atoms with Crippen LogP contribution in [0.4, 0.5) is 17.5 Å². The molecule has 8 heteroatoms. The Bertz CT molecular complexity index is 1020. The Labute approximate surface area is 168 Å². The Hall–Kier alpha value is -3.99. The number of amides is 1. The molecule has 0 spiro atoms. The number of pyridine rings is 1. The van der Waals surface area contributed by atoms with Crippen molar-refractivity contribution < 1.29 is 4.79 Å². The number of carbonyl (C=O) groups is 1. The summed E-state index contributed by atoms with van der Waals surface area (Å²) in [4.78, 5) is 29.9. The van der Waals surface area contributed by atoms with Crippen LogP contribution < -0.4 is 15.1 Å². The number of piperazine rings is 1. The van der Waals surface area contributed by atoms with Gasteiger partial charge in [0, 0.05) is 44.8 Å². The molecule has 1 saturated heterocycles. The first kappa shape index (κ1) is 18.4. The van der Waals surface area contributed by atoms with Crippen LogP contribution in [0.1, 0.15) is 15.9 Å². The summed E-state index contributed by atoms with van der Waals surface area (Å²) < 4.78 is 0. The number of nitriles is 1. The molecule has 2 aromatic heterocycles. The fraction of sp³-hybridized carbons (Fsp3) is 0.190. The second-order valence-electron chi connectivity index (χ2n) is 6.55. The fourth-order valence-corrected chi connectivity index (χ4v) is 3.16. The average molecular weight is 385 g/mol. The molecule has 29 heavy (non-hydrogen) atoms. The first-order chi connectivity index (χ1) is 14.2. The SMILES string of the molecule is N#Cc1ccccc1NC(=O)c1cnc(N2CCN(c3ccccn3)CC2)nc1. The summed E-state index contributed by atoms with van der Waals surface area (Å²) in [5, 5.41) is 11.9. The molecule has 0 bridgehead atoms. The van der Waals surface area contributed by atoms with E-state index in [0.717, 1.165) is 32.0 Å². The number of anilines is 3. The van der Waals surface area contributed by atoms with Crippen molar-refractivity contribution in [2.45, 2.75) is 0 Å². The third-order valence-electron chi connectivity index (χ3n) is 4.73. The molecule has 1 N–H and O–H groups in total. The van der Waals surface area contributed by atoms with Crippen LogP contribution >= 0.6 is 0 Å². The summed E-state index contributed by atoms with van der Waals surface area (Å²) in [7, 11) is 0. The first-order valence-electron chi connectivity index (χ1n) is 9.28. The maximum Gasteiger partial charge on any atom is 0.258 e. The summed E-state index contributed by atoms with van der Waals surface area (Å²) in [6.45, 7) is 3.20. The summed E-state index contributed by atoms with van der Waals surface area (Å²) >= 11 is 0. The molecule has 0 aliphatic carbocycles. The van der Waals surface area contributed by atoms with Crippen LogP contribution in [0, 0.1) is 11.3 Å². The highest BCUT2D eigenvalue weighted by atomic mass is 16.1. The summed E-state index contributed by atoms with van der Waals surface area (Å²) in [6, 6.07) is 14.8. The molecule has 0 radical (unpaired) electrons. The molecule has 1 aliphatic heterocycles. The minimum atomic E-state index is -0.348. The van der Waals surface area contributed by atoms with Crippen molar-refractivity contribution >= 4 is 23.4 Å². The van der Waals surface area contributed by atoms with Crippen LogP contribution in [0.3, 0.4) is 0 Å². The zero-order valence-electron chi connectivity index (χ0n) is 15.7. The second-order valence-corrected chi connectivity index (χ2v) is 6.55. The Morgan fingerprint density at radius 3 is 2.31 bits per heavy atom. The van der Waals surface area contributed by atoms with Gasteiger partial charge in [-0.3, -0.25) is 4.79 Å². The monoisotopic (exact) mass is 385 g/mol. The van der Waals surface area contributed by atoms with E-state index in [-0.39, 0.29) is 5.91 Å². The van der Waals surface area contributed by atoms with Crippen molar-refractivity contribution in [3.8, 4) is 6.07 Å². The second kappa shape index (κ2) is 8.35. The van der Waals surface area contributed by atoms with Gasteiger partial charge in [0.15, 0.2) is 0 Å². The van der Waals surface area contributed by atoms with E-state index in [4.69, 9.17) is 5.26 Å². The number of benzene rings is 1. The van der Waals surface area contributed by atoms with Gasteiger partial charge in [0.05, 0.1) is 16.8 Å². The molecule has 3 aromatic rings. The van der Waals surface area contributed by atoms with Gasteiger partial charge in [-0.2, -0.15) is 5.26 Å². The minimum Gasteiger partial charge on any atom is -0.353 e. The molecule has 0 saturated carbocycles. The van der Waals surface area contributed by atoms with E-state index in [9.17, 15) is 4.79 Å². The summed E-state index contributed by atoms with van der Waals surface area (Å²) in [5.74, 6) is 1.22. The lowest BCUT2D eigenvalue weighted by Crippen LogP contribution is -2.47.